The van der Waals surface area contributed by atoms with Crippen molar-refractivity contribution in [1.29, 1.82) is 0 Å². The first kappa shape index (κ1) is 30.8. The normalized spacial score (nSPS) is 20.0. The molecular weight excluding hydrogens is 575 g/mol. The van der Waals surface area contributed by atoms with Gasteiger partial charge >= 0.3 is 12.1 Å². The van der Waals surface area contributed by atoms with E-state index in [2.05, 4.69) is 0 Å². The zero-order valence-corrected chi connectivity index (χ0v) is 24.5. The summed E-state index contributed by atoms with van der Waals surface area (Å²) < 4.78 is 62.1. The fourth-order valence-corrected chi connectivity index (χ4v) is 5.86. The van der Waals surface area contributed by atoms with Crippen LogP contribution in [0.5, 0.6) is 17.2 Å². The first-order valence-corrected chi connectivity index (χ1v) is 14.2. The minimum Gasteiger partial charge on any atom is -0.493 e. The number of methoxy groups -OCH3 is 2. The van der Waals surface area contributed by atoms with Crippen LogP contribution >= 0.6 is 0 Å². The van der Waals surface area contributed by atoms with Crippen molar-refractivity contribution < 1.29 is 41.7 Å². The highest BCUT2D eigenvalue weighted by Crippen LogP contribution is 2.48. The molecule has 230 valence electrons. The number of carbonyl (C=O) groups excluding carboxylic acids is 2. The summed E-state index contributed by atoms with van der Waals surface area (Å²) in [6.07, 6.45) is -4.00. The predicted octanol–water partition coefficient (Wildman–Crippen LogP) is 6.92. The van der Waals surface area contributed by atoms with Gasteiger partial charge in [-0.05, 0) is 66.8 Å². The number of allylic oxidation sites excluding steroid dienone is 2. The molecule has 0 spiro atoms. The quantitative estimate of drug-likeness (QED) is 0.194. The number of hydrogen-bond acceptors (Lipinski definition) is 7. The first-order chi connectivity index (χ1) is 21.1. The molecule has 7 nitrogen and oxygen atoms in total. The van der Waals surface area contributed by atoms with Gasteiger partial charge in [-0.1, -0.05) is 36.4 Å². The fourth-order valence-electron chi connectivity index (χ4n) is 5.86. The van der Waals surface area contributed by atoms with E-state index in [1.807, 2.05) is 30.3 Å². The van der Waals surface area contributed by atoms with Crippen LogP contribution in [0.15, 0.2) is 89.1 Å². The van der Waals surface area contributed by atoms with Crippen LogP contribution in [0.2, 0.25) is 0 Å². The third kappa shape index (κ3) is 6.49. The molecule has 0 amide bonds. The number of para-hydroxylation sites is 1. The zero-order chi connectivity index (χ0) is 31.4. The van der Waals surface area contributed by atoms with Crippen LogP contribution < -0.4 is 14.2 Å². The first-order valence-electron chi connectivity index (χ1n) is 14.2. The van der Waals surface area contributed by atoms with Gasteiger partial charge in [0.1, 0.15) is 24.9 Å². The van der Waals surface area contributed by atoms with Crippen molar-refractivity contribution in [2.75, 3.05) is 27.4 Å². The SMILES string of the molecule is COc1ccc([C@@H]2CC(=O)C3=C(C2)N=C(C)C(C(=O)OCCOc2ccccc2)[C@H]3c2ccc(C(F)(F)F)cc2)cc1OC. The molecule has 2 aliphatic rings. The van der Waals surface area contributed by atoms with Gasteiger partial charge in [-0.15, -0.1) is 0 Å². The highest BCUT2D eigenvalue weighted by molar-refractivity contribution is 6.09. The molecule has 44 heavy (non-hydrogen) atoms. The van der Waals surface area contributed by atoms with Crippen molar-refractivity contribution in [1.82, 2.24) is 0 Å². The Hall–Kier alpha value is -4.60. The zero-order valence-electron chi connectivity index (χ0n) is 24.5. The molecule has 10 heteroatoms. The molecule has 3 aromatic rings. The van der Waals surface area contributed by atoms with Crippen LogP contribution in [0.1, 0.15) is 48.3 Å². The molecular formula is C34H32F3NO6. The Labute approximate surface area is 253 Å². The maximum Gasteiger partial charge on any atom is 0.416 e. The molecule has 0 fully saturated rings. The van der Waals surface area contributed by atoms with Crippen LogP contribution in [0.4, 0.5) is 13.2 Å². The molecule has 3 aromatic carbocycles. The minimum atomic E-state index is -4.53. The van der Waals surface area contributed by atoms with Crippen molar-refractivity contribution in [2.24, 2.45) is 10.9 Å². The van der Waals surface area contributed by atoms with Crippen molar-refractivity contribution in [3.63, 3.8) is 0 Å². The summed E-state index contributed by atoms with van der Waals surface area (Å²) >= 11 is 0. The second-order valence-electron chi connectivity index (χ2n) is 10.7. The summed E-state index contributed by atoms with van der Waals surface area (Å²) in [5, 5.41) is 0. The number of hydrogen-bond donors (Lipinski definition) is 0. The molecule has 0 saturated carbocycles. The number of aliphatic imine (C=N–C) groups is 1. The third-order valence-electron chi connectivity index (χ3n) is 7.96. The molecule has 1 heterocycles. The average molecular weight is 608 g/mol. The van der Waals surface area contributed by atoms with Gasteiger partial charge in [-0.2, -0.15) is 13.2 Å². The number of ether oxygens (including phenoxy) is 4. The number of nitrogens with zero attached hydrogens (tertiary/aromatic N) is 1. The van der Waals surface area contributed by atoms with Gasteiger partial charge in [0.15, 0.2) is 17.3 Å². The lowest BCUT2D eigenvalue weighted by molar-refractivity contribution is -0.147. The largest absolute Gasteiger partial charge is 0.493 e. The van der Waals surface area contributed by atoms with E-state index in [-0.39, 0.29) is 31.3 Å². The summed E-state index contributed by atoms with van der Waals surface area (Å²) in [5.41, 5.74) is 1.71. The average Bonchev–Trinajstić information content (AvgIpc) is 3.02. The molecule has 0 radical (unpaired) electrons. The number of Topliss-reactive ketones (excluding diaryl/α,β-unsaturated/α-hetero) is 1. The van der Waals surface area contributed by atoms with Crippen LogP contribution in [-0.4, -0.2) is 44.9 Å². The number of rotatable bonds is 9. The van der Waals surface area contributed by atoms with Gasteiger partial charge in [0.05, 0.1) is 19.8 Å². The fraction of sp³-hybridized carbons (Fsp3) is 0.324. The molecule has 0 aromatic heterocycles. The Morgan fingerprint density at radius 3 is 2.23 bits per heavy atom. The lowest BCUT2D eigenvalue weighted by Gasteiger charge is -2.36. The maximum atomic E-state index is 13.9. The van der Waals surface area contributed by atoms with E-state index in [9.17, 15) is 22.8 Å². The van der Waals surface area contributed by atoms with Crippen molar-refractivity contribution in [3.05, 3.63) is 101 Å². The number of halogens is 3. The van der Waals surface area contributed by atoms with E-state index < -0.39 is 29.5 Å². The Kier molecular flexibility index (Phi) is 9.08. The monoisotopic (exact) mass is 607 g/mol. The molecule has 1 aliphatic heterocycles. The van der Waals surface area contributed by atoms with Crippen LogP contribution in [-0.2, 0) is 20.5 Å². The number of esters is 1. The second-order valence-corrected chi connectivity index (χ2v) is 10.7. The van der Waals surface area contributed by atoms with E-state index in [4.69, 9.17) is 23.9 Å². The van der Waals surface area contributed by atoms with Gasteiger partial charge in [0.2, 0.25) is 0 Å². The maximum absolute atomic E-state index is 13.9. The van der Waals surface area contributed by atoms with Gasteiger partial charge < -0.3 is 18.9 Å². The van der Waals surface area contributed by atoms with E-state index in [0.29, 0.717) is 46.2 Å². The van der Waals surface area contributed by atoms with Crippen LogP contribution in [0, 0.1) is 5.92 Å². The summed E-state index contributed by atoms with van der Waals surface area (Å²) in [7, 11) is 3.07. The van der Waals surface area contributed by atoms with E-state index in [1.165, 1.54) is 26.4 Å². The molecule has 0 bridgehead atoms. The molecule has 5 rings (SSSR count). The lowest BCUT2D eigenvalue weighted by Crippen LogP contribution is -2.38. The van der Waals surface area contributed by atoms with Gasteiger partial charge in [0.25, 0.3) is 0 Å². The van der Waals surface area contributed by atoms with E-state index in [1.54, 1.807) is 25.1 Å². The van der Waals surface area contributed by atoms with Gasteiger partial charge in [0, 0.05) is 29.3 Å². The molecule has 1 aliphatic carbocycles. The molecule has 1 unspecified atom stereocenters. The van der Waals surface area contributed by atoms with E-state index >= 15 is 0 Å². The Balaban J connectivity index is 1.45. The predicted molar refractivity (Wildman–Crippen MR) is 157 cm³/mol. The smallest absolute Gasteiger partial charge is 0.416 e. The topological polar surface area (TPSA) is 83.4 Å². The van der Waals surface area contributed by atoms with Crippen molar-refractivity contribution in [2.45, 2.75) is 37.8 Å². The van der Waals surface area contributed by atoms with E-state index in [0.717, 1.165) is 17.7 Å². The Morgan fingerprint density at radius 2 is 1.57 bits per heavy atom. The number of benzene rings is 3. The second kappa shape index (κ2) is 13.0. The summed E-state index contributed by atoms with van der Waals surface area (Å²) in [6.45, 7) is 1.72. The third-order valence-corrected chi connectivity index (χ3v) is 7.96. The summed E-state index contributed by atoms with van der Waals surface area (Å²) in [6, 6.07) is 19.1. The van der Waals surface area contributed by atoms with Gasteiger partial charge in [-0.3, -0.25) is 14.6 Å². The van der Waals surface area contributed by atoms with Crippen LogP contribution in [0.3, 0.4) is 0 Å². The standard InChI is InChI=1S/C34H32F3NO6/c1-20-30(33(40)44-16-15-43-25-7-5-4-6-8-25)31(21-9-12-24(13-10-21)34(35,36)37)32-26(38-20)17-23(18-27(32)39)22-11-14-28(41-2)29(19-22)42-3/h4-14,19,23,30-31H,15-18H2,1-3H3/t23-,30?,31+/m0/s1. The number of alkyl halides is 3. The van der Waals surface area contributed by atoms with Crippen molar-refractivity contribution in [3.8, 4) is 17.2 Å². The number of carbonyl (C=O) groups is 2. The minimum absolute atomic E-state index is 0.0571. The molecule has 0 N–H and O–H groups in total. The lowest BCUT2D eigenvalue weighted by atomic mass is 9.69. The summed E-state index contributed by atoms with van der Waals surface area (Å²) in [4.78, 5) is 32.1. The summed E-state index contributed by atoms with van der Waals surface area (Å²) in [5.74, 6) is -1.22. The van der Waals surface area contributed by atoms with Crippen molar-refractivity contribution >= 4 is 17.5 Å². The van der Waals surface area contributed by atoms with Crippen LogP contribution in [0.25, 0.3) is 0 Å². The molecule has 0 saturated heterocycles. The Morgan fingerprint density at radius 1 is 0.886 bits per heavy atom. The highest BCUT2D eigenvalue weighted by Gasteiger charge is 2.45. The molecule has 3 atom stereocenters. The number of ketones is 1. The van der Waals surface area contributed by atoms with Gasteiger partial charge in [-0.25, -0.2) is 0 Å². The Bertz CT molecular complexity index is 1580. The highest BCUT2D eigenvalue weighted by atomic mass is 19.4.